The standard InChI is InChI=1S/C21H30FN3O2/c1-16(2)19-14-24(21(27)15-25-10-3-5-20(25)26)12-4-11-23(19)13-17-6-8-18(22)9-7-17/h6-9,16,19H,3-5,10-15H2,1-2H3. The van der Waals surface area contributed by atoms with E-state index in [0.29, 0.717) is 25.4 Å². The van der Waals surface area contributed by atoms with E-state index in [9.17, 15) is 14.0 Å². The van der Waals surface area contributed by atoms with Crippen molar-refractivity contribution in [2.45, 2.75) is 45.7 Å². The Bertz CT molecular complexity index is 662. The third-order valence-electron chi connectivity index (χ3n) is 5.67. The summed E-state index contributed by atoms with van der Waals surface area (Å²) in [5, 5.41) is 0. The van der Waals surface area contributed by atoms with E-state index < -0.39 is 0 Å². The Hall–Kier alpha value is -1.95. The topological polar surface area (TPSA) is 43.9 Å². The van der Waals surface area contributed by atoms with Crippen LogP contribution in [0.2, 0.25) is 0 Å². The predicted octanol–water partition coefficient (Wildman–Crippen LogP) is 2.51. The molecule has 0 radical (unpaired) electrons. The number of likely N-dealkylation sites (tertiary alicyclic amines) is 1. The maximum absolute atomic E-state index is 13.2. The van der Waals surface area contributed by atoms with Gasteiger partial charge in [0.15, 0.2) is 0 Å². The molecule has 2 fully saturated rings. The molecular weight excluding hydrogens is 345 g/mol. The van der Waals surface area contributed by atoms with Crippen molar-refractivity contribution >= 4 is 11.8 Å². The Labute approximate surface area is 161 Å². The van der Waals surface area contributed by atoms with Gasteiger partial charge in [-0.3, -0.25) is 14.5 Å². The minimum Gasteiger partial charge on any atom is -0.340 e. The van der Waals surface area contributed by atoms with Crippen LogP contribution in [0.3, 0.4) is 0 Å². The van der Waals surface area contributed by atoms with Crippen LogP contribution in [-0.2, 0) is 16.1 Å². The largest absolute Gasteiger partial charge is 0.340 e. The molecule has 0 saturated carbocycles. The fourth-order valence-corrected chi connectivity index (χ4v) is 4.08. The number of carbonyl (C=O) groups excluding carboxylic acids is 2. The van der Waals surface area contributed by atoms with E-state index in [1.54, 1.807) is 4.90 Å². The van der Waals surface area contributed by atoms with Crippen LogP contribution in [0.4, 0.5) is 4.39 Å². The highest BCUT2D eigenvalue weighted by Crippen LogP contribution is 2.21. The van der Waals surface area contributed by atoms with Gasteiger partial charge < -0.3 is 9.80 Å². The van der Waals surface area contributed by atoms with Gasteiger partial charge in [0, 0.05) is 45.2 Å². The number of halogens is 1. The van der Waals surface area contributed by atoms with Gasteiger partial charge in [-0.2, -0.15) is 0 Å². The second-order valence-corrected chi connectivity index (χ2v) is 8.02. The molecule has 0 aliphatic carbocycles. The van der Waals surface area contributed by atoms with Crippen molar-refractivity contribution in [2.24, 2.45) is 5.92 Å². The number of hydrogen-bond acceptors (Lipinski definition) is 3. The molecule has 2 aliphatic heterocycles. The highest BCUT2D eigenvalue weighted by molar-refractivity contribution is 5.85. The van der Waals surface area contributed by atoms with Crippen LogP contribution in [0.15, 0.2) is 24.3 Å². The van der Waals surface area contributed by atoms with Crippen molar-refractivity contribution < 1.29 is 14.0 Å². The molecule has 2 aliphatic rings. The average Bonchev–Trinajstić information content (AvgIpc) is 2.91. The van der Waals surface area contributed by atoms with E-state index in [-0.39, 0.29) is 30.2 Å². The summed E-state index contributed by atoms with van der Waals surface area (Å²) < 4.78 is 13.2. The zero-order chi connectivity index (χ0) is 19.4. The van der Waals surface area contributed by atoms with Crippen LogP contribution in [0.25, 0.3) is 0 Å². The molecule has 1 unspecified atom stereocenters. The molecule has 1 aromatic carbocycles. The number of benzene rings is 1. The molecule has 2 amide bonds. The van der Waals surface area contributed by atoms with Crippen LogP contribution in [0, 0.1) is 11.7 Å². The van der Waals surface area contributed by atoms with E-state index in [1.807, 2.05) is 17.0 Å². The second-order valence-electron chi connectivity index (χ2n) is 8.02. The molecule has 148 valence electrons. The molecule has 0 spiro atoms. The summed E-state index contributed by atoms with van der Waals surface area (Å²) in [7, 11) is 0. The molecule has 0 N–H and O–H groups in total. The highest BCUT2D eigenvalue weighted by atomic mass is 19.1. The lowest BCUT2D eigenvalue weighted by Gasteiger charge is -2.35. The normalized spacial score (nSPS) is 21.8. The Balaban J connectivity index is 1.66. The predicted molar refractivity (Wildman–Crippen MR) is 102 cm³/mol. The number of nitrogens with zero attached hydrogens (tertiary/aromatic N) is 3. The summed E-state index contributed by atoms with van der Waals surface area (Å²) in [5.74, 6) is 0.326. The van der Waals surface area contributed by atoms with Crippen LogP contribution < -0.4 is 0 Å². The van der Waals surface area contributed by atoms with Crippen LogP contribution in [0.1, 0.15) is 38.7 Å². The first kappa shape index (κ1) is 19.8. The molecule has 2 saturated heterocycles. The van der Waals surface area contributed by atoms with Gasteiger partial charge in [0.1, 0.15) is 5.82 Å². The lowest BCUT2D eigenvalue weighted by molar-refractivity contribution is -0.138. The van der Waals surface area contributed by atoms with Crippen molar-refractivity contribution in [3.63, 3.8) is 0 Å². The van der Waals surface area contributed by atoms with E-state index >= 15 is 0 Å². The lowest BCUT2D eigenvalue weighted by atomic mass is 10.0. The summed E-state index contributed by atoms with van der Waals surface area (Å²) in [6.07, 6.45) is 2.32. The number of rotatable bonds is 5. The van der Waals surface area contributed by atoms with Crippen LogP contribution >= 0.6 is 0 Å². The van der Waals surface area contributed by atoms with Crippen LogP contribution in [-0.4, -0.2) is 65.3 Å². The van der Waals surface area contributed by atoms with Crippen molar-refractivity contribution in [3.8, 4) is 0 Å². The summed E-state index contributed by atoms with van der Waals surface area (Å²) in [4.78, 5) is 30.7. The molecule has 6 heteroatoms. The van der Waals surface area contributed by atoms with Gasteiger partial charge in [0.05, 0.1) is 6.54 Å². The molecule has 1 aromatic rings. The summed E-state index contributed by atoms with van der Waals surface area (Å²) in [6.45, 7) is 8.34. The van der Waals surface area contributed by atoms with E-state index in [2.05, 4.69) is 18.7 Å². The molecule has 2 heterocycles. The molecular formula is C21H30FN3O2. The minimum atomic E-state index is -0.219. The smallest absolute Gasteiger partial charge is 0.242 e. The van der Waals surface area contributed by atoms with Crippen molar-refractivity contribution in [2.75, 3.05) is 32.7 Å². The van der Waals surface area contributed by atoms with E-state index in [4.69, 9.17) is 0 Å². The fourth-order valence-electron chi connectivity index (χ4n) is 4.08. The SMILES string of the molecule is CC(C)C1CN(C(=O)CN2CCCC2=O)CCCN1Cc1ccc(F)cc1. The fraction of sp³-hybridized carbons (Fsp3) is 0.619. The number of amides is 2. The quantitative estimate of drug-likeness (QED) is 0.794. The average molecular weight is 375 g/mol. The molecule has 3 rings (SSSR count). The Morgan fingerprint density at radius 2 is 1.89 bits per heavy atom. The zero-order valence-corrected chi connectivity index (χ0v) is 16.4. The van der Waals surface area contributed by atoms with Gasteiger partial charge in [-0.25, -0.2) is 4.39 Å². The molecule has 27 heavy (non-hydrogen) atoms. The molecule has 0 aromatic heterocycles. The molecule has 1 atom stereocenters. The maximum atomic E-state index is 13.2. The maximum Gasteiger partial charge on any atom is 0.242 e. The first-order valence-corrected chi connectivity index (χ1v) is 9.98. The van der Waals surface area contributed by atoms with Gasteiger partial charge in [0.25, 0.3) is 0 Å². The Morgan fingerprint density at radius 1 is 1.15 bits per heavy atom. The second kappa shape index (κ2) is 8.83. The monoisotopic (exact) mass is 375 g/mol. The number of carbonyl (C=O) groups is 2. The highest BCUT2D eigenvalue weighted by Gasteiger charge is 2.31. The zero-order valence-electron chi connectivity index (χ0n) is 16.4. The third-order valence-corrected chi connectivity index (χ3v) is 5.67. The summed E-state index contributed by atoms with van der Waals surface area (Å²) in [5.41, 5.74) is 1.09. The lowest BCUT2D eigenvalue weighted by Crippen LogP contribution is -2.48. The summed E-state index contributed by atoms with van der Waals surface area (Å²) >= 11 is 0. The third kappa shape index (κ3) is 5.06. The van der Waals surface area contributed by atoms with E-state index in [1.165, 1.54) is 12.1 Å². The summed E-state index contributed by atoms with van der Waals surface area (Å²) in [6, 6.07) is 6.91. The van der Waals surface area contributed by atoms with Crippen molar-refractivity contribution in [1.82, 2.24) is 14.7 Å². The Kier molecular flexibility index (Phi) is 6.47. The van der Waals surface area contributed by atoms with Gasteiger partial charge in [0.2, 0.25) is 11.8 Å². The van der Waals surface area contributed by atoms with Gasteiger partial charge in [-0.15, -0.1) is 0 Å². The van der Waals surface area contributed by atoms with Crippen LogP contribution in [0.5, 0.6) is 0 Å². The molecule has 5 nitrogen and oxygen atoms in total. The van der Waals surface area contributed by atoms with Gasteiger partial charge in [-0.1, -0.05) is 26.0 Å². The molecule has 0 bridgehead atoms. The number of hydrogen-bond donors (Lipinski definition) is 0. The Morgan fingerprint density at radius 3 is 2.52 bits per heavy atom. The van der Waals surface area contributed by atoms with Gasteiger partial charge in [-0.05, 0) is 36.5 Å². The first-order chi connectivity index (χ1) is 12.9. The van der Waals surface area contributed by atoms with Crippen molar-refractivity contribution in [3.05, 3.63) is 35.6 Å². The minimum absolute atomic E-state index is 0.0551. The van der Waals surface area contributed by atoms with Crippen molar-refractivity contribution in [1.29, 1.82) is 0 Å². The van der Waals surface area contributed by atoms with E-state index in [0.717, 1.165) is 38.0 Å². The van der Waals surface area contributed by atoms with Gasteiger partial charge >= 0.3 is 0 Å². The first-order valence-electron chi connectivity index (χ1n) is 9.98.